The summed E-state index contributed by atoms with van der Waals surface area (Å²) < 4.78 is 62.7. The van der Waals surface area contributed by atoms with Gasteiger partial charge in [0, 0.05) is 52.0 Å². The van der Waals surface area contributed by atoms with Crippen molar-refractivity contribution in [2.75, 3.05) is 26.7 Å². The number of hydrogen-bond donors (Lipinski definition) is 2. The highest BCUT2D eigenvalue weighted by molar-refractivity contribution is 7.90. The van der Waals surface area contributed by atoms with Crippen LogP contribution in [0.1, 0.15) is 18.4 Å². The summed E-state index contributed by atoms with van der Waals surface area (Å²) in [6.45, 7) is 0.786. The molecule has 1 aromatic rings. The molecule has 26 heavy (non-hydrogen) atoms. The van der Waals surface area contributed by atoms with Crippen molar-refractivity contribution in [3.63, 3.8) is 0 Å². The van der Waals surface area contributed by atoms with E-state index >= 15 is 0 Å². The maximum absolute atomic E-state index is 12.6. The summed E-state index contributed by atoms with van der Waals surface area (Å²) >= 11 is 0. The number of nitrogens with zero attached hydrogens (tertiary/aromatic N) is 4. The Labute approximate surface area is 150 Å². The van der Waals surface area contributed by atoms with Gasteiger partial charge in [-0.15, -0.1) is 0 Å². The first-order valence-corrected chi connectivity index (χ1v) is 9.56. The van der Waals surface area contributed by atoms with Crippen LogP contribution in [0.5, 0.6) is 0 Å². The van der Waals surface area contributed by atoms with Gasteiger partial charge >= 0.3 is 15.5 Å². The van der Waals surface area contributed by atoms with Crippen LogP contribution in [0.15, 0.2) is 17.4 Å². The van der Waals surface area contributed by atoms with E-state index < -0.39 is 15.5 Å². The van der Waals surface area contributed by atoms with Crippen molar-refractivity contribution in [3.05, 3.63) is 18.0 Å². The minimum Gasteiger partial charge on any atom is -0.356 e. The average molecular weight is 396 g/mol. The zero-order valence-corrected chi connectivity index (χ0v) is 15.4. The van der Waals surface area contributed by atoms with Gasteiger partial charge in [-0.1, -0.05) is 0 Å². The van der Waals surface area contributed by atoms with E-state index in [0.717, 1.165) is 5.56 Å². The number of halogens is 3. The Hall–Kier alpha value is -1.82. The van der Waals surface area contributed by atoms with Crippen LogP contribution in [0.25, 0.3) is 0 Å². The van der Waals surface area contributed by atoms with Crippen LogP contribution in [0, 0.1) is 5.92 Å². The van der Waals surface area contributed by atoms with Gasteiger partial charge in [-0.05, 0) is 18.8 Å². The molecule has 0 aromatic carbocycles. The molecule has 1 aromatic heterocycles. The highest BCUT2D eigenvalue weighted by atomic mass is 32.2. The average Bonchev–Trinajstić information content (AvgIpc) is 3.00. The molecule has 0 bridgehead atoms. The van der Waals surface area contributed by atoms with E-state index in [0.29, 0.717) is 36.2 Å². The lowest BCUT2D eigenvalue weighted by Gasteiger charge is -2.31. The van der Waals surface area contributed by atoms with Crippen molar-refractivity contribution in [3.8, 4) is 0 Å². The molecule has 0 radical (unpaired) electrons. The molecule has 12 heteroatoms. The van der Waals surface area contributed by atoms with Gasteiger partial charge in [-0.2, -0.15) is 22.6 Å². The van der Waals surface area contributed by atoms with Gasteiger partial charge in [0.1, 0.15) is 0 Å². The van der Waals surface area contributed by atoms with Crippen molar-refractivity contribution in [2.24, 2.45) is 18.0 Å². The van der Waals surface area contributed by atoms with Crippen molar-refractivity contribution in [1.82, 2.24) is 24.7 Å². The summed E-state index contributed by atoms with van der Waals surface area (Å²) in [4.78, 5) is 4.09. The van der Waals surface area contributed by atoms with Crippen LogP contribution in [-0.4, -0.2) is 60.7 Å². The number of piperidine rings is 1. The molecule has 1 aliphatic heterocycles. The van der Waals surface area contributed by atoms with Gasteiger partial charge in [-0.25, -0.2) is 8.42 Å². The Morgan fingerprint density at radius 2 is 2.00 bits per heavy atom. The lowest BCUT2D eigenvalue weighted by atomic mass is 9.98. The molecular formula is C14H23F3N6O2S. The largest absolute Gasteiger partial charge is 0.511 e. The number of guanidine groups is 1. The van der Waals surface area contributed by atoms with Crippen LogP contribution < -0.4 is 10.6 Å². The Morgan fingerprint density at radius 3 is 2.50 bits per heavy atom. The molecule has 0 spiro atoms. The minimum absolute atomic E-state index is 0.0756. The summed E-state index contributed by atoms with van der Waals surface area (Å²) in [6, 6.07) is 0. The van der Waals surface area contributed by atoms with E-state index in [-0.39, 0.29) is 19.0 Å². The third-order valence-electron chi connectivity index (χ3n) is 4.21. The highest BCUT2D eigenvalue weighted by Crippen LogP contribution is 2.30. The summed E-state index contributed by atoms with van der Waals surface area (Å²) in [7, 11) is -1.78. The zero-order valence-electron chi connectivity index (χ0n) is 14.6. The normalized spacial score (nSPS) is 18.1. The summed E-state index contributed by atoms with van der Waals surface area (Å²) in [5.41, 5.74) is -4.25. The van der Waals surface area contributed by atoms with Crippen molar-refractivity contribution in [2.45, 2.75) is 24.9 Å². The topological polar surface area (TPSA) is 91.6 Å². The highest BCUT2D eigenvalue weighted by Gasteiger charge is 2.50. The molecule has 1 fully saturated rings. The Bertz CT molecular complexity index is 723. The van der Waals surface area contributed by atoms with Gasteiger partial charge in [-0.3, -0.25) is 9.67 Å². The summed E-state index contributed by atoms with van der Waals surface area (Å²) in [6.07, 6.45) is 4.33. The molecule has 0 aliphatic carbocycles. The number of rotatable bonds is 5. The van der Waals surface area contributed by atoms with Gasteiger partial charge in [0.05, 0.1) is 6.20 Å². The van der Waals surface area contributed by atoms with Crippen LogP contribution in [0.3, 0.4) is 0 Å². The minimum atomic E-state index is -5.24. The fraction of sp³-hybridized carbons (Fsp3) is 0.714. The number of aromatic nitrogens is 2. The first-order valence-electron chi connectivity index (χ1n) is 8.12. The summed E-state index contributed by atoms with van der Waals surface area (Å²) in [5.74, 6) is 0.644. The van der Waals surface area contributed by atoms with Crippen molar-refractivity contribution >= 4 is 16.0 Å². The van der Waals surface area contributed by atoms with Gasteiger partial charge in [0.25, 0.3) is 0 Å². The Morgan fingerprint density at radius 1 is 1.35 bits per heavy atom. The molecule has 2 heterocycles. The number of nitrogens with one attached hydrogen (secondary N) is 2. The summed E-state index contributed by atoms with van der Waals surface area (Å²) in [5, 5.41) is 10.3. The molecule has 0 atom stereocenters. The van der Waals surface area contributed by atoms with E-state index in [1.165, 1.54) is 0 Å². The van der Waals surface area contributed by atoms with Gasteiger partial charge < -0.3 is 10.6 Å². The van der Waals surface area contributed by atoms with E-state index in [9.17, 15) is 21.6 Å². The number of alkyl halides is 3. The Kier molecular flexibility index (Phi) is 6.50. The van der Waals surface area contributed by atoms with Crippen LogP contribution >= 0.6 is 0 Å². The number of sulfonamides is 1. The number of aliphatic imine (C=N–C) groups is 1. The lowest BCUT2D eigenvalue weighted by Crippen LogP contribution is -2.47. The van der Waals surface area contributed by atoms with E-state index in [1.807, 2.05) is 13.2 Å². The second-order valence-corrected chi connectivity index (χ2v) is 8.05. The molecule has 2 rings (SSSR count). The van der Waals surface area contributed by atoms with Crippen LogP contribution in [-0.2, 0) is 23.6 Å². The van der Waals surface area contributed by atoms with Crippen molar-refractivity contribution in [1.29, 1.82) is 0 Å². The maximum Gasteiger partial charge on any atom is 0.511 e. The molecule has 1 saturated heterocycles. The smallest absolute Gasteiger partial charge is 0.356 e. The van der Waals surface area contributed by atoms with Crippen molar-refractivity contribution < 1.29 is 21.6 Å². The second-order valence-electron chi connectivity index (χ2n) is 6.12. The predicted molar refractivity (Wildman–Crippen MR) is 90.7 cm³/mol. The zero-order chi connectivity index (χ0) is 19.4. The van der Waals surface area contributed by atoms with E-state index in [4.69, 9.17) is 0 Å². The van der Waals surface area contributed by atoms with Crippen LogP contribution in [0.4, 0.5) is 13.2 Å². The molecule has 1 aliphatic rings. The quantitative estimate of drug-likeness (QED) is 0.563. The standard InChI is InChI=1S/C14H23F3N6O2S/c1-18-13(20-8-12-9-21-22(2)10-12)19-7-11-3-5-23(6-4-11)26(24,25)14(15,16)17/h9-11H,3-8H2,1-2H3,(H2,18,19,20). The third kappa shape index (κ3) is 5.10. The first-order chi connectivity index (χ1) is 12.1. The molecular weight excluding hydrogens is 373 g/mol. The molecule has 8 nitrogen and oxygen atoms in total. The second kappa shape index (κ2) is 8.25. The third-order valence-corrected chi connectivity index (χ3v) is 5.84. The monoisotopic (exact) mass is 396 g/mol. The maximum atomic E-state index is 12.6. The van der Waals surface area contributed by atoms with Gasteiger partial charge in [0.2, 0.25) is 0 Å². The molecule has 148 valence electrons. The lowest BCUT2D eigenvalue weighted by molar-refractivity contribution is -0.0496. The van der Waals surface area contributed by atoms with E-state index in [2.05, 4.69) is 20.7 Å². The molecule has 0 saturated carbocycles. The SMILES string of the molecule is CN=C(NCc1cnn(C)c1)NCC1CCN(S(=O)(=O)C(F)(F)F)CC1. The van der Waals surface area contributed by atoms with Crippen LogP contribution in [0.2, 0.25) is 0 Å². The molecule has 2 N–H and O–H groups in total. The predicted octanol–water partition coefficient (Wildman–Crippen LogP) is 0.647. The fourth-order valence-corrected chi connectivity index (χ4v) is 3.70. The van der Waals surface area contributed by atoms with E-state index in [1.54, 1.807) is 17.9 Å². The molecule has 0 amide bonds. The Balaban J connectivity index is 1.76. The van der Waals surface area contributed by atoms with Gasteiger partial charge in [0.15, 0.2) is 5.96 Å². The fourth-order valence-electron chi connectivity index (χ4n) is 2.71. The number of aryl methyl sites for hydroxylation is 1. The number of hydrogen-bond acceptors (Lipinski definition) is 4. The molecule has 0 unspecified atom stereocenters. The first kappa shape index (κ1) is 20.5.